The predicted molar refractivity (Wildman–Crippen MR) is 73.9 cm³/mol. The van der Waals surface area contributed by atoms with Crippen LogP contribution in [0.15, 0.2) is 12.2 Å². The van der Waals surface area contributed by atoms with Crippen molar-refractivity contribution in [2.45, 2.75) is 38.6 Å². The summed E-state index contributed by atoms with van der Waals surface area (Å²) in [5.41, 5.74) is -0.472. The monoisotopic (exact) mass is 281 g/mol. The second-order valence-corrected chi connectivity index (χ2v) is 6.22. The molecule has 0 aromatic heterocycles. The van der Waals surface area contributed by atoms with Gasteiger partial charge in [-0.15, -0.1) is 0 Å². The normalized spacial score (nSPS) is 34.0. The largest absolute Gasteiger partial charge is 0.481 e. The molecule has 112 valence electrons. The lowest BCUT2D eigenvalue weighted by atomic mass is 9.81. The van der Waals surface area contributed by atoms with Gasteiger partial charge < -0.3 is 15.5 Å². The van der Waals surface area contributed by atoms with Crippen LogP contribution in [-0.2, 0) is 9.59 Å². The molecule has 1 saturated carbocycles. The third-order valence-electron chi connectivity index (χ3n) is 4.92. The van der Waals surface area contributed by atoms with E-state index in [0.717, 1.165) is 6.42 Å². The summed E-state index contributed by atoms with van der Waals surface area (Å²) in [5, 5.41) is 21.4. The number of hydrogen-bond donors (Lipinski definition) is 3. The van der Waals surface area contributed by atoms with E-state index < -0.39 is 23.3 Å². The lowest BCUT2D eigenvalue weighted by molar-refractivity contribution is -0.148. The third-order valence-corrected chi connectivity index (χ3v) is 4.92. The summed E-state index contributed by atoms with van der Waals surface area (Å²) in [7, 11) is 0. The molecular formula is C15H23NO4. The molecule has 3 unspecified atom stereocenters. The van der Waals surface area contributed by atoms with Crippen LogP contribution in [-0.4, -0.2) is 34.2 Å². The number of aliphatic hydroxyl groups excluding tert-OH is 1. The Bertz CT molecular complexity index is 434. The maximum Gasteiger partial charge on any atom is 0.307 e. The Balaban J connectivity index is 2.12. The van der Waals surface area contributed by atoms with Crippen LogP contribution in [0.3, 0.4) is 0 Å². The number of carboxylic acids is 1. The van der Waals surface area contributed by atoms with E-state index in [1.165, 1.54) is 0 Å². The van der Waals surface area contributed by atoms with Crippen LogP contribution in [0.1, 0.15) is 33.1 Å². The van der Waals surface area contributed by atoms with Crippen LogP contribution in [0, 0.1) is 23.7 Å². The number of nitrogens with one attached hydrogen (secondary N) is 1. The SMILES string of the molecule is CCC(C)(CCO)NC(=O)[C@H]1C2C=CC(C2)[C@H]1C(=O)O. The quantitative estimate of drug-likeness (QED) is 0.638. The van der Waals surface area contributed by atoms with Crippen molar-refractivity contribution in [1.29, 1.82) is 0 Å². The lowest BCUT2D eigenvalue weighted by Gasteiger charge is -2.33. The van der Waals surface area contributed by atoms with Gasteiger partial charge in [-0.25, -0.2) is 0 Å². The molecule has 1 amide bonds. The van der Waals surface area contributed by atoms with Gasteiger partial charge in [0.25, 0.3) is 0 Å². The fourth-order valence-electron chi connectivity index (χ4n) is 3.47. The summed E-state index contributed by atoms with van der Waals surface area (Å²) < 4.78 is 0. The van der Waals surface area contributed by atoms with E-state index in [1.807, 2.05) is 26.0 Å². The van der Waals surface area contributed by atoms with Crippen LogP contribution >= 0.6 is 0 Å². The fraction of sp³-hybridized carbons (Fsp3) is 0.733. The number of fused-ring (bicyclic) bond motifs is 2. The minimum absolute atomic E-state index is 0.00357. The smallest absolute Gasteiger partial charge is 0.307 e. The zero-order valence-corrected chi connectivity index (χ0v) is 12.0. The average Bonchev–Trinajstić information content (AvgIpc) is 2.98. The molecule has 2 aliphatic rings. The third kappa shape index (κ3) is 2.59. The second kappa shape index (κ2) is 5.56. The molecule has 1 fully saturated rings. The standard InChI is InChI=1S/C15H23NO4/c1-3-15(2,6-7-17)16-13(18)11-9-4-5-10(8-9)12(11)14(19)20/h4-5,9-12,17H,3,6-8H2,1-2H3,(H,16,18)(H,19,20)/t9?,10?,11-,12+,15?/m0/s1. The van der Waals surface area contributed by atoms with Gasteiger partial charge in [0, 0.05) is 12.1 Å². The first kappa shape index (κ1) is 15.0. The first-order valence-electron chi connectivity index (χ1n) is 7.26. The highest BCUT2D eigenvalue weighted by Crippen LogP contribution is 2.48. The molecule has 5 heteroatoms. The Morgan fingerprint density at radius 2 is 1.90 bits per heavy atom. The molecule has 2 aliphatic carbocycles. The maximum absolute atomic E-state index is 12.5. The maximum atomic E-state index is 12.5. The van der Waals surface area contributed by atoms with Gasteiger partial charge in [-0.05, 0) is 38.0 Å². The second-order valence-electron chi connectivity index (χ2n) is 6.22. The topological polar surface area (TPSA) is 86.6 Å². The molecule has 2 bridgehead atoms. The van der Waals surface area contributed by atoms with E-state index in [0.29, 0.717) is 12.8 Å². The number of carbonyl (C=O) groups is 2. The molecule has 0 aromatic rings. The van der Waals surface area contributed by atoms with Gasteiger partial charge in [0.1, 0.15) is 0 Å². The van der Waals surface area contributed by atoms with E-state index in [-0.39, 0.29) is 24.3 Å². The van der Waals surface area contributed by atoms with E-state index in [1.54, 1.807) is 0 Å². The highest BCUT2D eigenvalue weighted by Gasteiger charge is 2.52. The Kier molecular flexibility index (Phi) is 4.18. The summed E-state index contributed by atoms with van der Waals surface area (Å²) >= 11 is 0. The average molecular weight is 281 g/mol. The number of aliphatic hydroxyl groups is 1. The molecule has 5 nitrogen and oxygen atoms in total. The van der Waals surface area contributed by atoms with Gasteiger partial charge in [-0.2, -0.15) is 0 Å². The lowest BCUT2D eigenvalue weighted by Crippen LogP contribution is -2.51. The Hall–Kier alpha value is -1.36. The number of allylic oxidation sites excluding steroid dienone is 2. The van der Waals surface area contributed by atoms with Gasteiger partial charge in [-0.1, -0.05) is 19.1 Å². The van der Waals surface area contributed by atoms with Crippen LogP contribution in [0.4, 0.5) is 0 Å². The molecule has 5 atom stereocenters. The van der Waals surface area contributed by atoms with E-state index >= 15 is 0 Å². The molecule has 0 aliphatic heterocycles. The van der Waals surface area contributed by atoms with Gasteiger partial charge in [-0.3, -0.25) is 9.59 Å². The summed E-state index contributed by atoms with van der Waals surface area (Å²) in [6, 6.07) is 0. The number of aliphatic carboxylic acids is 1. The molecule has 0 radical (unpaired) electrons. The summed E-state index contributed by atoms with van der Waals surface area (Å²) in [4.78, 5) is 23.9. The Labute approximate surface area is 119 Å². The molecule has 0 spiro atoms. The zero-order valence-electron chi connectivity index (χ0n) is 12.0. The van der Waals surface area contributed by atoms with Gasteiger partial charge in [0.15, 0.2) is 0 Å². The predicted octanol–water partition coefficient (Wildman–Crippen LogP) is 1.18. The zero-order chi connectivity index (χ0) is 14.9. The summed E-state index contributed by atoms with van der Waals surface area (Å²) in [6.45, 7) is 3.84. The van der Waals surface area contributed by atoms with Crippen molar-refractivity contribution in [1.82, 2.24) is 5.32 Å². The van der Waals surface area contributed by atoms with Gasteiger partial charge in [0.2, 0.25) is 5.91 Å². The number of amides is 1. The Morgan fingerprint density at radius 1 is 1.30 bits per heavy atom. The molecule has 0 aromatic carbocycles. The van der Waals surface area contributed by atoms with E-state index in [9.17, 15) is 14.7 Å². The minimum Gasteiger partial charge on any atom is -0.481 e. The molecule has 3 N–H and O–H groups in total. The Morgan fingerprint density at radius 3 is 2.40 bits per heavy atom. The van der Waals surface area contributed by atoms with Crippen LogP contribution < -0.4 is 5.32 Å². The van der Waals surface area contributed by atoms with Crippen molar-refractivity contribution in [3.05, 3.63) is 12.2 Å². The molecule has 2 rings (SSSR count). The minimum atomic E-state index is -0.887. The summed E-state index contributed by atoms with van der Waals surface area (Å²) in [5.74, 6) is -2.14. The fourth-order valence-corrected chi connectivity index (χ4v) is 3.47. The van der Waals surface area contributed by atoms with Crippen molar-refractivity contribution in [2.75, 3.05) is 6.61 Å². The van der Waals surface area contributed by atoms with Crippen LogP contribution in [0.5, 0.6) is 0 Å². The van der Waals surface area contributed by atoms with Crippen LogP contribution in [0.25, 0.3) is 0 Å². The molecule has 0 saturated heterocycles. The molecular weight excluding hydrogens is 258 g/mol. The van der Waals surface area contributed by atoms with Crippen LogP contribution in [0.2, 0.25) is 0 Å². The van der Waals surface area contributed by atoms with Crippen molar-refractivity contribution in [3.8, 4) is 0 Å². The van der Waals surface area contributed by atoms with E-state index in [4.69, 9.17) is 5.11 Å². The number of carboxylic acid groups (broad SMARTS) is 1. The molecule has 0 heterocycles. The highest BCUT2D eigenvalue weighted by molar-refractivity contribution is 5.87. The van der Waals surface area contributed by atoms with Crippen molar-refractivity contribution >= 4 is 11.9 Å². The van der Waals surface area contributed by atoms with Gasteiger partial charge >= 0.3 is 5.97 Å². The highest BCUT2D eigenvalue weighted by atomic mass is 16.4. The van der Waals surface area contributed by atoms with Gasteiger partial charge in [0.05, 0.1) is 11.8 Å². The molecule has 20 heavy (non-hydrogen) atoms. The first-order valence-corrected chi connectivity index (χ1v) is 7.26. The number of hydrogen-bond acceptors (Lipinski definition) is 3. The first-order chi connectivity index (χ1) is 9.41. The summed E-state index contributed by atoms with van der Waals surface area (Å²) in [6.07, 6.45) is 5.85. The van der Waals surface area contributed by atoms with Crippen molar-refractivity contribution in [2.24, 2.45) is 23.7 Å². The van der Waals surface area contributed by atoms with Crippen molar-refractivity contribution < 1.29 is 19.8 Å². The number of rotatable bonds is 6. The number of carbonyl (C=O) groups excluding carboxylic acids is 1. The van der Waals surface area contributed by atoms with E-state index in [2.05, 4.69) is 5.32 Å². The van der Waals surface area contributed by atoms with Crippen molar-refractivity contribution in [3.63, 3.8) is 0 Å².